The monoisotopic (exact) mass is 520 g/mol. The van der Waals surface area contributed by atoms with Crippen molar-refractivity contribution in [2.75, 3.05) is 18.5 Å². The molecule has 0 atom stereocenters. The highest BCUT2D eigenvalue weighted by molar-refractivity contribution is 7.18. The summed E-state index contributed by atoms with van der Waals surface area (Å²) in [5.41, 5.74) is 3.89. The SMILES string of the molecule is CCCOC(=O)c1c(NC(=O)c2cc(-c3cnn(C)c3C)nc3ccccc23)sc(C(=O)OCC)c1C. The number of aromatic nitrogens is 3. The number of esters is 2. The van der Waals surface area contributed by atoms with E-state index in [9.17, 15) is 14.4 Å². The number of anilines is 1. The zero-order valence-corrected chi connectivity index (χ0v) is 22.2. The Hall–Kier alpha value is -4.05. The van der Waals surface area contributed by atoms with Gasteiger partial charge in [0.05, 0.1) is 41.7 Å². The maximum absolute atomic E-state index is 13.7. The minimum atomic E-state index is -0.604. The van der Waals surface area contributed by atoms with Crippen LogP contribution in [0.25, 0.3) is 22.2 Å². The van der Waals surface area contributed by atoms with Crippen molar-refractivity contribution in [3.05, 3.63) is 63.8 Å². The summed E-state index contributed by atoms with van der Waals surface area (Å²) in [5, 5.41) is 8.03. The molecule has 0 saturated carbocycles. The number of carbonyl (C=O) groups excluding carboxylic acids is 3. The van der Waals surface area contributed by atoms with Gasteiger partial charge in [0, 0.05) is 23.7 Å². The van der Waals surface area contributed by atoms with Gasteiger partial charge < -0.3 is 14.8 Å². The van der Waals surface area contributed by atoms with Gasteiger partial charge in [-0.15, -0.1) is 11.3 Å². The highest BCUT2D eigenvalue weighted by Crippen LogP contribution is 2.35. The van der Waals surface area contributed by atoms with E-state index in [-0.39, 0.29) is 28.7 Å². The van der Waals surface area contributed by atoms with Gasteiger partial charge in [0.1, 0.15) is 9.88 Å². The molecule has 0 radical (unpaired) electrons. The summed E-state index contributed by atoms with van der Waals surface area (Å²) in [4.78, 5) is 44.1. The molecule has 3 aromatic heterocycles. The second-order valence-corrected chi connectivity index (χ2v) is 9.43. The summed E-state index contributed by atoms with van der Waals surface area (Å²) in [5.74, 6) is -1.60. The minimum Gasteiger partial charge on any atom is -0.462 e. The molecule has 4 rings (SSSR count). The van der Waals surface area contributed by atoms with Crippen LogP contribution in [0.5, 0.6) is 0 Å². The average Bonchev–Trinajstić information content (AvgIpc) is 3.40. The van der Waals surface area contributed by atoms with Crippen molar-refractivity contribution in [2.45, 2.75) is 34.1 Å². The summed E-state index contributed by atoms with van der Waals surface area (Å²) in [6, 6.07) is 9.05. The number of amides is 1. The lowest BCUT2D eigenvalue weighted by Crippen LogP contribution is -2.16. The lowest BCUT2D eigenvalue weighted by molar-refractivity contribution is 0.0506. The maximum Gasteiger partial charge on any atom is 0.348 e. The van der Waals surface area contributed by atoms with Crippen LogP contribution < -0.4 is 5.32 Å². The first-order valence-corrected chi connectivity index (χ1v) is 12.8. The topological polar surface area (TPSA) is 112 Å². The molecule has 4 aromatic rings. The van der Waals surface area contributed by atoms with Gasteiger partial charge in [-0.25, -0.2) is 14.6 Å². The zero-order valence-electron chi connectivity index (χ0n) is 21.4. The van der Waals surface area contributed by atoms with Crippen molar-refractivity contribution >= 4 is 45.1 Å². The number of fused-ring (bicyclic) bond motifs is 1. The van der Waals surface area contributed by atoms with Crippen molar-refractivity contribution < 1.29 is 23.9 Å². The molecule has 0 unspecified atom stereocenters. The van der Waals surface area contributed by atoms with E-state index in [1.165, 1.54) is 0 Å². The number of ether oxygens (including phenoxy) is 2. The molecule has 1 aromatic carbocycles. The summed E-state index contributed by atoms with van der Waals surface area (Å²) < 4.78 is 12.2. The number of carbonyl (C=O) groups is 3. The lowest BCUT2D eigenvalue weighted by Gasteiger charge is -2.11. The van der Waals surface area contributed by atoms with E-state index in [0.29, 0.717) is 34.1 Å². The lowest BCUT2D eigenvalue weighted by atomic mass is 10.0. The summed E-state index contributed by atoms with van der Waals surface area (Å²) in [6.07, 6.45) is 2.35. The van der Waals surface area contributed by atoms with Crippen molar-refractivity contribution in [3.63, 3.8) is 0 Å². The van der Waals surface area contributed by atoms with Gasteiger partial charge in [0.2, 0.25) is 0 Å². The number of thiophene rings is 1. The van der Waals surface area contributed by atoms with Crippen molar-refractivity contribution in [1.29, 1.82) is 0 Å². The number of benzene rings is 1. The van der Waals surface area contributed by atoms with E-state index in [1.807, 2.05) is 45.2 Å². The van der Waals surface area contributed by atoms with Crippen molar-refractivity contribution in [2.24, 2.45) is 7.05 Å². The van der Waals surface area contributed by atoms with Crippen LogP contribution >= 0.6 is 11.3 Å². The molecule has 1 N–H and O–H groups in total. The number of aryl methyl sites for hydroxylation is 1. The number of pyridine rings is 1. The van der Waals surface area contributed by atoms with E-state index < -0.39 is 17.8 Å². The Morgan fingerprint density at radius 3 is 2.51 bits per heavy atom. The van der Waals surface area contributed by atoms with Crippen molar-refractivity contribution in [3.8, 4) is 11.3 Å². The third-order valence-corrected chi connectivity index (χ3v) is 7.14. The van der Waals surface area contributed by atoms with E-state index in [0.717, 1.165) is 22.6 Å². The first kappa shape index (κ1) is 26.0. The molecule has 0 bridgehead atoms. The van der Waals surface area contributed by atoms with E-state index in [4.69, 9.17) is 14.5 Å². The molecule has 0 saturated heterocycles. The van der Waals surface area contributed by atoms with Crippen LogP contribution in [0.3, 0.4) is 0 Å². The van der Waals surface area contributed by atoms with Gasteiger partial charge in [-0.2, -0.15) is 5.10 Å². The fraction of sp³-hybridized carbons (Fsp3) is 0.296. The smallest absolute Gasteiger partial charge is 0.348 e. The predicted molar refractivity (Wildman–Crippen MR) is 142 cm³/mol. The zero-order chi connectivity index (χ0) is 26.7. The number of nitrogens with zero attached hydrogens (tertiary/aromatic N) is 3. The average molecular weight is 521 g/mol. The number of rotatable bonds is 8. The molecule has 192 valence electrons. The molecule has 0 fully saturated rings. The molecular formula is C27H28N4O5S. The number of para-hydroxylation sites is 1. The van der Waals surface area contributed by atoms with E-state index >= 15 is 0 Å². The molecule has 0 aliphatic carbocycles. The molecule has 0 spiro atoms. The summed E-state index contributed by atoms with van der Waals surface area (Å²) >= 11 is 0.994. The standard InChI is InChI=1S/C27H28N4O5S/c1-6-12-36-26(33)22-15(3)23(27(34)35-7-2)37-25(22)30-24(32)18-13-21(19-14-28-31(5)16(19)4)29-20-11-9-8-10-17(18)20/h8-11,13-14H,6-7,12H2,1-5H3,(H,30,32). The highest BCUT2D eigenvalue weighted by Gasteiger charge is 2.28. The molecular weight excluding hydrogens is 492 g/mol. The highest BCUT2D eigenvalue weighted by atomic mass is 32.1. The maximum atomic E-state index is 13.7. The molecule has 0 aliphatic rings. The van der Waals surface area contributed by atoms with Crippen molar-refractivity contribution in [1.82, 2.24) is 14.8 Å². The van der Waals surface area contributed by atoms with E-state index in [1.54, 1.807) is 30.8 Å². The Kier molecular flexibility index (Phi) is 7.68. The fourth-order valence-corrected chi connectivity index (χ4v) is 5.01. The molecule has 10 heteroatoms. The number of nitrogens with one attached hydrogen (secondary N) is 1. The Morgan fingerprint density at radius 1 is 1.08 bits per heavy atom. The van der Waals surface area contributed by atoms with Crippen LogP contribution in [0.15, 0.2) is 36.5 Å². The fourth-order valence-electron chi connectivity index (χ4n) is 3.93. The van der Waals surface area contributed by atoms with Crippen LogP contribution in [0.1, 0.15) is 61.9 Å². The number of hydrogen-bond acceptors (Lipinski definition) is 8. The van der Waals surface area contributed by atoms with Crippen LogP contribution in [0.2, 0.25) is 0 Å². The first-order valence-electron chi connectivity index (χ1n) is 11.9. The third kappa shape index (κ3) is 5.10. The Morgan fingerprint density at radius 2 is 1.84 bits per heavy atom. The van der Waals surface area contributed by atoms with Crippen LogP contribution in [-0.2, 0) is 16.5 Å². The predicted octanol–water partition coefficient (Wildman–Crippen LogP) is 5.31. The Bertz CT molecular complexity index is 1500. The quantitative estimate of drug-likeness (QED) is 0.313. The summed E-state index contributed by atoms with van der Waals surface area (Å²) in [7, 11) is 1.84. The van der Waals surface area contributed by atoms with Crippen LogP contribution in [0, 0.1) is 13.8 Å². The second kappa shape index (κ2) is 10.9. The van der Waals surface area contributed by atoms with Gasteiger partial charge >= 0.3 is 11.9 Å². The van der Waals surface area contributed by atoms with Gasteiger partial charge in [-0.3, -0.25) is 9.48 Å². The van der Waals surface area contributed by atoms with Crippen LogP contribution in [0.4, 0.5) is 5.00 Å². The molecule has 1 amide bonds. The molecule has 9 nitrogen and oxygen atoms in total. The largest absolute Gasteiger partial charge is 0.462 e. The van der Waals surface area contributed by atoms with Gasteiger partial charge in [0.25, 0.3) is 5.91 Å². The minimum absolute atomic E-state index is 0.150. The van der Waals surface area contributed by atoms with Gasteiger partial charge in [0.15, 0.2) is 0 Å². The molecule has 3 heterocycles. The number of hydrogen-bond donors (Lipinski definition) is 1. The molecule has 0 aliphatic heterocycles. The van der Waals surface area contributed by atoms with Crippen LogP contribution in [-0.4, -0.2) is 45.8 Å². The normalized spacial score (nSPS) is 10.9. The third-order valence-electron chi connectivity index (χ3n) is 5.95. The molecule has 37 heavy (non-hydrogen) atoms. The Labute approximate surface area is 218 Å². The second-order valence-electron chi connectivity index (χ2n) is 8.41. The van der Waals surface area contributed by atoms with Gasteiger partial charge in [-0.05, 0) is 44.9 Å². The summed E-state index contributed by atoms with van der Waals surface area (Å²) in [6.45, 7) is 7.57. The van der Waals surface area contributed by atoms with Gasteiger partial charge in [-0.1, -0.05) is 25.1 Å². The first-order chi connectivity index (χ1) is 17.8. The van der Waals surface area contributed by atoms with E-state index in [2.05, 4.69) is 10.4 Å². The Balaban J connectivity index is 1.80.